The van der Waals surface area contributed by atoms with Crippen LogP contribution in [0.5, 0.6) is 0 Å². The Hall–Kier alpha value is -4.22. The van der Waals surface area contributed by atoms with Crippen LogP contribution in [0.4, 0.5) is 0 Å². The summed E-state index contributed by atoms with van der Waals surface area (Å²) in [6, 6.07) is 37.7. The molecule has 7 rings (SSSR count). The van der Waals surface area contributed by atoms with Gasteiger partial charge in [-0.1, -0.05) is 113 Å². The Labute approximate surface area is 318 Å². The molecule has 0 spiro atoms. The largest absolute Gasteiger partial charge is 0.486 e. The summed E-state index contributed by atoms with van der Waals surface area (Å²) >= 11 is 0. The second-order valence-corrected chi connectivity index (χ2v) is 20.8. The number of hydrogen-bond donors (Lipinski definition) is 0. The molecule has 0 saturated heterocycles. The van der Waals surface area contributed by atoms with Crippen LogP contribution in [-0.4, -0.2) is 23.0 Å². The molecule has 0 N–H and O–H groups in total. The maximum absolute atomic E-state index is 5.96. The maximum Gasteiger partial charge on any atom is 0.216 e. The Morgan fingerprint density at radius 2 is 1.49 bits per heavy atom. The van der Waals surface area contributed by atoms with Crippen molar-refractivity contribution in [1.29, 1.82) is 0 Å². The normalized spacial score (nSPS) is 11.7. The van der Waals surface area contributed by atoms with Crippen molar-refractivity contribution >= 4 is 35.3 Å². The number of nitrogens with zero attached hydrogens (tertiary/aromatic N) is 3. The van der Waals surface area contributed by atoms with Crippen LogP contribution in [0.2, 0.25) is 19.6 Å². The molecule has 1 radical (unpaired) electrons. The molecule has 4 heterocycles. The SMILES string of the molecule is CC(C)(C)Cc1ccnc(-c2[c-]cc3oc4ncc(-c5ccccc5)cc4c3c2)c1.CC(C)Cc1cc(-c2[c-]cccc2)ncc1[Si](C)(C)C.[Ir]. The van der Waals surface area contributed by atoms with Gasteiger partial charge in [0.15, 0.2) is 0 Å². The van der Waals surface area contributed by atoms with Crippen LogP contribution in [0.1, 0.15) is 45.7 Å². The van der Waals surface area contributed by atoms with E-state index in [1.165, 1.54) is 16.3 Å². The Bertz CT molecular complexity index is 2220. The first-order valence-corrected chi connectivity index (χ1v) is 21.1. The molecule has 0 unspecified atom stereocenters. The molecule has 0 aliphatic carbocycles. The Balaban J connectivity index is 0.000000211. The van der Waals surface area contributed by atoms with Crippen molar-refractivity contribution in [3.05, 3.63) is 133 Å². The Kier molecular flexibility index (Phi) is 11.9. The van der Waals surface area contributed by atoms with Gasteiger partial charge in [0.1, 0.15) is 0 Å². The van der Waals surface area contributed by atoms with E-state index in [4.69, 9.17) is 4.42 Å². The minimum Gasteiger partial charge on any atom is -0.486 e. The fourth-order valence-electron chi connectivity index (χ4n) is 6.37. The Morgan fingerprint density at radius 1 is 0.745 bits per heavy atom. The fourth-order valence-corrected chi connectivity index (χ4v) is 7.95. The van der Waals surface area contributed by atoms with Crippen LogP contribution in [0.15, 0.2) is 114 Å². The van der Waals surface area contributed by atoms with E-state index in [9.17, 15) is 0 Å². The molecule has 0 aliphatic rings. The zero-order valence-electron chi connectivity index (χ0n) is 31.0. The van der Waals surface area contributed by atoms with Gasteiger partial charge in [0.25, 0.3) is 0 Å². The molecule has 0 atom stereocenters. The molecule has 3 aromatic carbocycles. The van der Waals surface area contributed by atoms with E-state index < -0.39 is 8.07 Å². The molecular formula is C45H47IrN3OSi-2. The molecule has 51 heavy (non-hydrogen) atoms. The van der Waals surface area contributed by atoms with Crippen molar-refractivity contribution in [3.63, 3.8) is 0 Å². The zero-order valence-corrected chi connectivity index (χ0v) is 34.4. The van der Waals surface area contributed by atoms with Crippen LogP contribution in [0.25, 0.3) is 55.7 Å². The van der Waals surface area contributed by atoms with Gasteiger partial charge >= 0.3 is 0 Å². The maximum atomic E-state index is 5.96. The third-order valence-electron chi connectivity index (χ3n) is 8.61. The molecule has 0 bridgehead atoms. The van der Waals surface area contributed by atoms with Crippen molar-refractivity contribution in [2.45, 2.75) is 67.1 Å². The number of hydrogen-bond acceptors (Lipinski definition) is 4. The van der Waals surface area contributed by atoms with E-state index in [0.717, 1.165) is 62.8 Å². The summed E-state index contributed by atoms with van der Waals surface area (Å²) < 4.78 is 5.96. The molecule has 0 aliphatic heterocycles. The summed E-state index contributed by atoms with van der Waals surface area (Å²) in [6.45, 7) is 18.5. The number of benzene rings is 3. The summed E-state index contributed by atoms with van der Waals surface area (Å²) in [5.74, 6) is 0.667. The molecule has 7 aromatic rings. The smallest absolute Gasteiger partial charge is 0.216 e. The Morgan fingerprint density at radius 3 is 2.18 bits per heavy atom. The van der Waals surface area contributed by atoms with Crippen LogP contribution in [0, 0.1) is 23.5 Å². The van der Waals surface area contributed by atoms with Crippen molar-refractivity contribution in [1.82, 2.24) is 15.0 Å². The van der Waals surface area contributed by atoms with E-state index in [-0.39, 0.29) is 25.5 Å². The standard InChI is InChI=1S/C27H23N2O.C18H24NSi.Ir/c1-27(2,3)16-18-11-12-28-24(13-18)20-9-10-25-22(14-20)23-15-21(17-29-26(23)30-25)19-7-5-4-6-8-19;1-14(2)11-16-12-17(15-9-7-6-8-10-15)19-13-18(16)20(3,4)5;/h4-8,10-15,17H,16H2,1-3H3;6-9,12-14H,11H2,1-5H3;/q2*-1;. The molecule has 4 nitrogen and oxygen atoms in total. The average molecular weight is 866 g/mol. The quantitative estimate of drug-likeness (QED) is 0.118. The average Bonchev–Trinajstić information content (AvgIpc) is 3.45. The zero-order chi connectivity index (χ0) is 35.5. The number of fused-ring (bicyclic) bond motifs is 3. The van der Waals surface area contributed by atoms with E-state index in [1.54, 1.807) is 0 Å². The van der Waals surface area contributed by atoms with Crippen molar-refractivity contribution in [2.24, 2.45) is 11.3 Å². The predicted octanol–water partition coefficient (Wildman–Crippen LogP) is 11.4. The number of rotatable bonds is 7. The molecular weight excluding hydrogens is 819 g/mol. The van der Waals surface area contributed by atoms with Gasteiger partial charge in [-0.05, 0) is 58.4 Å². The summed E-state index contributed by atoms with van der Waals surface area (Å²) in [7, 11) is -1.34. The molecule has 6 heteroatoms. The van der Waals surface area contributed by atoms with Crippen LogP contribution in [0.3, 0.4) is 0 Å². The van der Waals surface area contributed by atoms with Gasteiger partial charge in [0.2, 0.25) is 5.71 Å². The third kappa shape index (κ3) is 9.56. The summed E-state index contributed by atoms with van der Waals surface area (Å²) in [5, 5.41) is 3.53. The van der Waals surface area contributed by atoms with Crippen molar-refractivity contribution < 1.29 is 24.5 Å². The van der Waals surface area contributed by atoms with E-state index in [2.05, 4.69) is 136 Å². The van der Waals surface area contributed by atoms with Crippen LogP contribution in [-0.2, 0) is 32.9 Å². The van der Waals surface area contributed by atoms with E-state index >= 15 is 0 Å². The van der Waals surface area contributed by atoms with Gasteiger partial charge in [-0.2, -0.15) is 0 Å². The molecule has 0 fully saturated rings. The van der Waals surface area contributed by atoms with Crippen molar-refractivity contribution in [2.75, 3.05) is 0 Å². The minimum atomic E-state index is -1.34. The fraction of sp³-hybridized carbons (Fsp3) is 0.267. The predicted molar refractivity (Wildman–Crippen MR) is 212 cm³/mol. The van der Waals surface area contributed by atoms with Gasteiger partial charge in [0.05, 0.1) is 13.7 Å². The second-order valence-electron chi connectivity index (χ2n) is 15.8. The summed E-state index contributed by atoms with van der Waals surface area (Å²) in [4.78, 5) is 13.8. The van der Waals surface area contributed by atoms with E-state index in [1.807, 2.05) is 54.9 Å². The van der Waals surface area contributed by atoms with Gasteiger partial charge in [-0.25, -0.2) is 4.98 Å². The van der Waals surface area contributed by atoms with Gasteiger partial charge in [-0.3, -0.25) is 0 Å². The first kappa shape index (κ1) is 38.0. The van der Waals surface area contributed by atoms with Gasteiger partial charge in [-0.15, -0.1) is 59.7 Å². The first-order valence-electron chi connectivity index (χ1n) is 17.6. The number of pyridine rings is 3. The second kappa shape index (κ2) is 16.0. The van der Waals surface area contributed by atoms with Crippen LogP contribution >= 0.6 is 0 Å². The topological polar surface area (TPSA) is 51.8 Å². The molecule has 0 saturated carbocycles. The van der Waals surface area contributed by atoms with Crippen LogP contribution < -0.4 is 5.19 Å². The van der Waals surface area contributed by atoms with E-state index in [0.29, 0.717) is 11.6 Å². The molecule has 263 valence electrons. The van der Waals surface area contributed by atoms with Gasteiger partial charge < -0.3 is 14.4 Å². The van der Waals surface area contributed by atoms with Crippen molar-refractivity contribution in [3.8, 4) is 33.6 Å². The number of aromatic nitrogens is 3. The third-order valence-corrected chi connectivity index (χ3v) is 10.7. The van der Waals surface area contributed by atoms with Gasteiger partial charge in [0, 0.05) is 49.6 Å². The molecule has 0 amide bonds. The molecule has 4 aromatic heterocycles. The summed E-state index contributed by atoms with van der Waals surface area (Å²) in [5.41, 5.74) is 10.7. The first-order chi connectivity index (χ1) is 23.8. The monoisotopic (exact) mass is 866 g/mol. The number of furan rings is 1. The summed E-state index contributed by atoms with van der Waals surface area (Å²) in [6.07, 6.45) is 7.99. The minimum absolute atomic E-state index is 0.